The molecule has 1 saturated carbocycles. The van der Waals surface area contributed by atoms with Crippen molar-refractivity contribution < 1.29 is 38.1 Å². The number of rotatable bonds is 13. The Morgan fingerprint density at radius 1 is 0.908 bits per heavy atom. The van der Waals surface area contributed by atoms with Crippen LogP contribution in [0.4, 0.5) is 9.59 Å². The summed E-state index contributed by atoms with van der Waals surface area (Å²) in [7, 11) is 4.22. The van der Waals surface area contributed by atoms with Crippen molar-refractivity contribution in [2.24, 2.45) is 11.8 Å². The van der Waals surface area contributed by atoms with Crippen molar-refractivity contribution in [2.75, 3.05) is 34.5 Å². The molecule has 2 aromatic heterocycles. The third kappa shape index (κ3) is 8.45. The Morgan fingerprint density at radius 2 is 1.68 bits per heavy atom. The highest BCUT2D eigenvalue weighted by Gasteiger charge is 2.43. The van der Waals surface area contributed by atoms with Gasteiger partial charge in [-0.2, -0.15) is 0 Å². The topological polar surface area (TPSA) is 193 Å². The summed E-state index contributed by atoms with van der Waals surface area (Å²) in [5.74, 6) is 1.59. The van der Waals surface area contributed by atoms with Crippen molar-refractivity contribution in [1.29, 1.82) is 0 Å². The fraction of sp³-hybridized carbons (Fsp3) is 0.388. The summed E-state index contributed by atoms with van der Waals surface area (Å²) in [4.78, 5) is 73.4. The Labute approximate surface area is 376 Å². The number of aromatic amines is 2. The fourth-order valence-electron chi connectivity index (χ4n) is 9.42. The van der Waals surface area contributed by atoms with Crippen LogP contribution in [0.25, 0.3) is 44.2 Å². The molecule has 16 nitrogen and oxygen atoms in total. The largest absolute Gasteiger partial charge is 0.488 e. The number of imidazole rings is 2. The first-order valence-corrected chi connectivity index (χ1v) is 22.1. The van der Waals surface area contributed by atoms with E-state index >= 15 is 0 Å². The van der Waals surface area contributed by atoms with Gasteiger partial charge in [0, 0.05) is 36.6 Å². The van der Waals surface area contributed by atoms with Crippen LogP contribution in [0, 0.1) is 11.8 Å². The Morgan fingerprint density at radius 3 is 2.40 bits per heavy atom. The van der Waals surface area contributed by atoms with Crippen molar-refractivity contribution in [2.45, 2.75) is 76.8 Å². The van der Waals surface area contributed by atoms with Crippen molar-refractivity contribution in [3.8, 4) is 28.1 Å². The van der Waals surface area contributed by atoms with Crippen LogP contribution < -0.4 is 15.4 Å². The first-order chi connectivity index (χ1) is 31.5. The van der Waals surface area contributed by atoms with Crippen LogP contribution in [0.2, 0.25) is 0 Å². The predicted octanol–water partition coefficient (Wildman–Crippen LogP) is 7.73. The van der Waals surface area contributed by atoms with E-state index in [2.05, 4.69) is 57.0 Å². The normalized spacial score (nSPS) is 18.0. The molecular formula is C49H54N8O8. The molecule has 0 unspecified atom stereocenters. The molecule has 9 rings (SSSR count). The number of hydrogen-bond donors (Lipinski definition) is 4. The first kappa shape index (κ1) is 43.3. The number of benzene rings is 4. The van der Waals surface area contributed by atoms with Gasteiger partial charge >= 0.3 is 12.2 Å². The molecule has 1 saturated heterocycles. The molecule has 65 heavy (non-hydrogen) atoms. The molecule has 4 amide bonds. The number of methoxy groups -OCH3 is 3. The lowest BCUT2D eigenvalue weighted by Crippen LogP contribution is -2.51. The second-order valence-corrected chi connectivity index (χ2v) is 17.5. The van der Waals surface area contributed by atoms with Crippen molar-refractivity contribution in [1.82, 2.24) is 40.4 Å². The third-order valence-corrected chi connectivity index (χ3v) is 12.9. The second kappa shape index (κ2) is 17.9. The van der Waals surface area contributed by atoms with E-state index in [1.807, 2.05) is 62.1 Å². The van der Waals surface area contributed by atoms with Gasteiger partial charge in [0.25, 0.3) is 5.91 Å². The van der Waals surface area contributed by atoms with Gasteiger partial charge in [0.2, 0.25) is 5.91 Å². The van der Waals surface area contributed by atoms with Gasteiger partial charge in [-0.15, -0.1) is 0 Å². The van der Waals surface area contributed by atoms with E-state index in [9.17, 15) is 19.2 Å². The van der Waals surface area contributed by atoms with Crippen LogP contribution in [0.3, 0.4) is 0 Å². The number of nitrogens with zero attached hydrogens (tertiary/aromatic N) is 4. The molecule has 0 spiro atoms. The minimum atomic E-state index is -0.923. The zero-order valence-corrected chi connectivity index (χ0v) is 37.3. The molecule has 2 fully saturated rings. The minimum absolute atomic E-state index is 0.0208. The van der Waals surface area contributed by atoms with Gasteiger partial charge < -0.3 is 49.3 Å². The highest BCUT2D eigenvalue weighted by molar-refractivity contribution is 6.07. The van der Waals surface area contributed by atoms with Gasteiger partial charge in [-0.1, -0.05) is 62.4 Å². The second-order valence-electron chi connectivity index (χ2n) is 17.5. The quantitative estimate of drug-likeness (QED) is 0.0892. The zero-order valence-electron chi connectivity index (χ0n) is 37.3. The number of ether oxygens (including phenoxy) is 4. The summed E-state index contributed by atoms with van der Waals surface area (Å²) >= 11 is 0. The van der Waals surface area contributed by atoms with E-state index in [4.69, 9.17) is 28.9 Å². The summed E-state index contributed by atoms with van der Waals surface area (Å²) in [6, 6.07) is 21.3. The van der Waals surface area contributed by atoms with Crippen LogP contribution in [0.5, 0.6) is 5.75 Å². The van der Waals surface area contributed by atoms with Crippen LogP contribution in [-0.2, 0) is 30.4 Å². The Bertz CT molecular complexity index is 2760. The fourth-order valence-corrected chi connectivity index (χ4v) is 9.42. The molecule has 338 valence electrons. The van der Waals surface area contributed by atoms with E-state index in [0.29, 0.717) is 43.4 Å². The SMILES string of the molecule is COC[C@H]1C[C@@H](c2ncc(-c3ccc4c(c3)COc3cc5c(ccc6nc([C@H](C)N(C(=O)[C@H](NC(=O)OC)c7ccccc7)C7CC7)[nH]c65)cc3-4)[nH]2)N(C(=O)[C@@H](NC(=O)OC)C(C)C)C1. The van der Waals surface area contributed by atoms with Crippen LogP contribution in [-0.4, -0.2) is 100 Å². The maximum Gasteiger partial charge on any atom is 0.407 e. The molecule has 16 heteroatoms. The molecule has 4 N–H and O–H groups in total. The van der Waals surface area contributed by atoms with E-state index in [0.717, 1.165) is 68.3 Å². The summed E-state index contributed by atoms with van der Waals surface area (Å²) in [5.41, 5.74) is 7.09. The number of alkyl carbamates (subject to hydrolysis) is 2. The number of hydrogen-bond acceptors (Lipinski definition) is 10. The zero-order chi connectivity index (χ0) is 45.5. The van der Waals surface area contributed by atoms with Gasteiger partial charge in [0.15, 0.2) is 0 Å². The van der Waals surface area contributed by atoms with Gasteiger partial charge in [0.05, 0.1) is 55.8 Å². The lowest BCUT2D eigenvalue weighted by atomic mass is 9.92. The molecular weight excluding hydrogens is 829 g/mol. The molecule has 5 atom stereocenters. The van der Waals surface area contributed by atoms with Crippen molar-refractivity contribution in [3.05, 3.63) is 102 Å². The monoisotopic (exact) mass is 882 g/mol. The third-order valence-electron chi connectivity index (χ3n) is 12.9. The lowest BCUT2D eigenvalue weighted by molar-refractivity contribution is -0.137. The van der Waals surface area contributed by atoms with Gasteiger partial charge in [0.1, 0.15) is 36.1 Å². The summed E-state index contributed by atoms with van der Waals surface area (Å²) in [5, 5.41) is 7.43. The van der Waals surface area contributed by atoms with Gasteiger partial charge in [-0.25, -0.2) is 19.6 Å². The standard InChI is InChI=1S/C49H54N8O8/c1-26(2)41(54-48(60)63-5)46(58)56-23-28(24-62-4)18-39(56)45-50-22-38(52-45)31-12-16-34-32(19-31)25-65-40-21-35-30(20-36(34)40)13-17-37-43(35)53-44(51-37)27(3)57(33-14-15-33)47(59)42(55-49(61)64-6)29-10-8-7-9-11-29/h7-13,16-17,19-22,26-28,33,39,41-42H,14-15,18,23-25H2,1-6H3,(H,50,52)(H,51,53)(H,54,60)(H,55,61)/t27-,28-,39-,41-,42+/m0/s1. The number of carbonyl (C=O) groups is 4. The highest BCUT2D eigenvalue weighted by atomic mass is 16.5. The molecule has 4 heterocycles. The van der Waals surface area contributed by atoms with Crippen molar-refractivity contribution in [3.63, 3.8) is 0 Å². The smallest absolute Gasteiger partial charge is 0.407 e. The number of likely N-dealkylation sites (tertiary alicyclic amines) is 1. The predicted molar refractivity (Wildman–Crippen MR) is 243 cm³/mol. The Balaban J connectivity index is 0.971. The molecule has 0 radical (unpaired) electrons. The minimum Gasteiger partial charge on any atom is -0.488 e. The number of H-pyrrole nitrogens is 2. The van der Waals surface area contributed by atoms with E-state index in [1.165, 1.54) is 14.2 Å². The first-order valence-electron chi connectivity index (χ1n) is 22.1. The van der Waals surface area contributed by atoms with E-state index in [1.54, 1.807) is 18.2 Å². The molecule has 4 aromatic carbocycles. The number of aromatic nitrogens is 4. The summed E-state index contributed by atoms with van der Waals surface area (Å²) < 4.78 is 21.7. The van der Waals surface area contributed by atoms with Crippen LogP contribution >= 0.6 is 0 Å². The lowest BCUT2D eigenvalue weighted by Gasteiger charge is -2.32. The van der Waals surface area contributed by atoms with Crippen LogP contribution in [0.1, 0.15) is 80.9 Å². The average molecular weight is 883 g/mol. The average Bonchev–Trinajstić information content (AvgIpc) is 3.65. The molecule has 3 aliphatic rings. The van der Waals surface area contributed by atoms with Gasteiger partial charge in [-0.05, 0) is 84.0 Å². The summed E-state index contributed by atoms with van der Waals surface area (Å²) in [6.45, 7) is 7.08. The van der Waals surface area contributed by atoms with E-state index in [-0.39, 0.29) is 35.7 Å². The van der Waals surface area contributed by atoms with Gasteiger partial charge in [-0.3, -0.25) is 9.59 Å². The summed E-state index contributed by atoms with van der Waals surface area (Å²) in [6.07, 6.45) is 2.85. The highest BCUT2D eigenvalue weighted by Crippen LogP contribution is 2.44. The molecule has 1 aliphatic carbocycles. The Hall–Kier alpha value is -6.94. The number of amides is 4. The Kier molecular flexibility index (Phi) is 11.9. The molecule has 0 bridgehead atoms. The number of fused-ring (bicyclic) bond motifs is 6. The number of nitrogens with one attached hydrogen (secondary N) is 4. The maximum atomic E-state index is 14.3. The number of carbonyl (C=O) groups excluding carboxylic acids is 4. The van der Waals surface area contributed by atoms with E-state index < -0.39 is 30.3 Å². The molecule has 6 aromatic rings. The van der Waals surface area contributed by atoms with Crippen molar-refractivity contribution >= 4 is 45.8 Å². The maximum absolute atomic E-state index is 14.3. The molecule has 2 aliphatic heterocycles. The van der Waals surface area contributed by atoms with Crippen LogP contribution in [0.15, 0.2) is 79.0 Å².